The van der Waals surface area contributed by atoms with Crippen molar-refractivity contribution in [3.63, 3.8) is 0 Å². The Bertz CT molecular complexity index is 464. The van der Waals surface area contributed by atoms with Crippen LogP contribution in [0, 0.1) is 10.1 Å². The van der Waals surface area contributed by atoms with Gasteiger partial charge in [0, 0.05) is 35.7 Å². The lowest BCUT2D eigenvalue weighted by Crippen LogP contribution is -2.07. The fourth-order valence-corrected chi connectivity index (χ4v) is 2.15. The van der Waals surface area contributed by atoms with E-state index in [2.05, 4.69) is 15.9 Å². The molecule has 0 fully saturated rings. The molecule has 1 aromatic rings. The first-order chi connectivity index (χ1) is 9.47. The van der Waals surface area contributed by atoms with Crippen molar-refractivity contribution in [1.82, 2.24) is 0 Å². The predicted octanol–water partition coefficient (Wildman–Crippen LogP) is 3.22. The first-order valence-corrected chi connectivity index (χ1v) is 7.13. The highest BCUT2D eigenvalue weighted by Crippen LogP contribution is 2.37. The Labute approximate surface area is 126 Å². The molecule has 0 aliphatic carbocycles. The maximum atomic E-state index is 11.1. The molecule has 1 aromatic carbocycles. The summed E-state index contributed by atoms with van der Waals surface area (Å²) in [6.07, 6.45) is -0.228. The van der Waals surface area contributed by atoms with Crippen molar-refractivity contribution in [1.29, 1.82) is 0 Å². The Kier molecular flexibility index (Phi) is 6.90. The second-order valence-electron chi connectivity index (χ2n) is 4.18. The van der Waals surface area contributed by atoms with Crippen LogP contribution >= 0.6 is 15.9 Å². The van der Waals surface area contributed by atoms with Crippen molar-refractivity contribution < 1.29 is 19.5 Å². The molecule has 0 aliphatic rings. The fourth-order valence-electron chi connectivity index (χ4n) is 1.68. The van der Waals surface area contributed by atoms with Crippen molar-refractivity contribution in [2.75, 3.05) is 19.8 Å². The fraction of sp³-hybridized carbons (Fsp3) is 0.538. The summed E-state index contributed by atoms with van der Waals surface area (Å²) in [5.41, 5.74) is 0.231. The molecule has 0 bridgehead atoms. The highest BCUT2D eigenvalue weighted by Gasteiger charge is 2.23. The van der Waals surface area contributed by atoms with Gasteiger partial charge in [0.05, 0.1) is 17.6 Å². The van der Waals surface area contributed by atoms with Gasteiger partial charge in [-0.25, -0.2) is 0 Å². The highest BCUT2D eigenvalue weighted by atomic mass is 79.9. The quantitative estimate of drug-likeness (QED) is 0.443. The van der Waals surface area contributed by atoms with E-state index in [1.165, 1.54) is 6.07 Å². The number of nitro benzene ring substituents is 1. The molecule has 7 heteroatoms. The molecular weight excluding hydrogens is 330 g/mol. The van der Waals surface area contributed by atoms with Crippen LogP contribution in [0.3, 0.4) is 0 Å². The standard InChI is InChI=1S/C13H18BrNO5/c1-3-19-5-4-6-20-13-11(9(2)16)7-10(14)8-12(13)15(17)18/h7-9,16H,3-6H2,1-2H3/t9-/m0/s1. The van der Waals surface area contributed by atoms with Crippen LogP contribution in [-0.4, -0.2) is 29.9 Å². The normalized spacial score (nSPS) is 12.2. The lowest BCUT2D eigenvalue weighted by Gasteiger charge is -2.14. The van der Waals surface area contributed by atoms with E-state index in [0.29, 0.717) is 36.3 Å². The van der Waals surface area contributed by atoms with E-state index in [1.807, 2.05) is 6.92 Å². The summed E-state index contributed by atoms with van der Waals surface area (Å²) < 4.78 is 11.2. The summed E-state index contributed by atoms with van der Waals surface area (Å²) in [5.74, 6) is 0.115. The Morgan fingerprint density at radius 3 is 2.70 bits per heavy atom. The minimum atomic E-state index is -0.854. The van der Waals surface area contributed by atoms with Gasteiger partial charge < -0.3 is 14.6 Å². The first-order valence-electron chi connectivity index (χ1n) is 6.33. The lowest BCUT2D eigenvalue weighted by molar-refractivity contribution is -0.386. The topological polar surface area (TPSA) is 81.8 Å². The molecule has 0 unspecified atom stereocenters. The molecule has 1 atom stereocenters. The van der Waals surface area contributed by atoms with Crippen LogP contribution in [0.2, 0.25) is 0 Å². The molecular formula is C13H18BrNO5. The number of benzene rings is 1. The van der Waals surface area contributed by atoms with Gasteiger partial charge in [0.2, 0.25) is 5.75 Å². The molecule has 1 N–H and O–H groups in total. The van der Waals surface area contributed by atoms with Crippen molar-refractivity contribution in [2.45, 2.75) is 26.4 Å². The van der Waals surface area contributed by atoms with E-state index in [-0.39, 0.29) is 11.4 Å². The number of hydrogen-bond donors (Lipinski definition) is 1. The van der Waals surface area contributed by atoms with E-state index in [1.54, 1.807) is 13.0 Å². The van der Waals surface area contributed by atoms with Gasteiger partial charge in [-0.3, -0.25) is 10.1 Å². The summed E-state index contributed by atoms with van der Waals surface area (Å²) in [4.78, 5) is 10.6. The molecule has 1 rings (SSSR count). The molecule has 20 heavy (non-hydrogen) atoms. The number of nitrogens with zero attached hydrogens (tertiary/aromatic N) is 1. The SMILES string of the molecule is CCOCCCOc1c([C@H](C)O)cc(Br)cc1[N+](=O)[O-]. The minimum Gasteiger partial charge on any atom is -0.486 e. The van der Waals surface area contributed by atoms with Gasteiger partial charge in [-0.2, -0.15) is 0 Å². The van der Waals surface area contributed by atoms with Crippen LogP contribution in [0.4, 0.5) is 5.69 Å². The maximum absolute atomic E-state index is 11.1. The molecule has 0 amide bonds. The minimum absolute atomic E-state index is 0.115. The molecule has 0 spiro atoms. The molecule has 112 valence electrons. The summed E-state index contributed by atoms with van der Waals surface area (Å²) in [6, 6.07) is 2.99. The number of nitro groups is 1. The second kappa shape index (κ2) is 8.18. The number of halogens is 1. The van der Waals surface area contributed by atoms with E-state index in [9.17, 15) is 15.2 Å². The zero-order chi connectivity index (χ0) is 15.1. The third-order valence-electron chi connectivity index (χ3n) is 2.59. The maximum Gasteiger partial charge on any atom is 0.312 e. The third kappa shape index (κ3) is 4.73. The van der Waals surface area contributed by atoms with Crippen molar-refractivity contribution in [2.24, 2.45) is 0 Å². The van der Waals surface area contributed by atoms with E-state index >= 15 is 0 Å². The van der Waals surface area contributed by atoms with Gasteiger partial charge >= 0.3 is 5.69 Å². The third-order valence-corrected chi connectivity index (χ3v) is 3.05. The molecule has 0 aliphatic heterocycles. The van der Waals surface area contributed by atoms with Crippen molar-refractivity contribution in [3.8, 4) is 5.75 Å². The monoisotopic (exact) mass is 347 g/mol. The largest absolute Gasteiger partial charge is 0.486 e. The number of aliphatic hydroxyl groups excluding tert-OH is 1. The Morgan fingerprint density at radius 2 is 2.15 bits per heavy atom. The van der Waals surface area contributed by atoms with E-state index < -0.39 is 11.0 Å². The summed E-state index contributed by atoms with van der Waals surface area (Å²) in [7, 11) is 0. The average Bonchev–Trinajstić information content (AvgIpc) is 2.38. The molecule has 0 heterocycles. The van der Waals surface area contributed by atoms with Crippen LogP contribution < -0.4 is 4.74 Å². The van der Waals surface area contributed by atoms with Crippen LogP contribution in [0.15, 0.2) is 16.6 Å². The van der Waals surface area contributed by atoms with Gasteiger partial charge in [0.15, 0.2) is 0 Å². The average molecular weight is 348 g/mol. The highest BCUT2D eigenvalue weighted by molar-refractivity contribution is 9.10. The first kappa shape index (κ1) is 16.9. The molecule has 0 radical (unpaired) electrons. The summed E-state index contributed by atoms with van der Waals surface area (Å²) >= 11 is 3.20. The van der Waals surface area contributed by atoms with Crippen molar-refractivity contribution in [3.05, 3.63) is 32.3 Å². The Balaban J connectivity index is 2.92. The van der Waals surface area contributed by atoms with Gasteiger partial charge in [-0.15, -0.1) is 0 Å². The number of ether oxygens (including phenoxy) is 2. The van der Waals surface area contributed by atoms with E-state index in [0.717, 1.165) is 0 Å². The molecule has 0 saturated carbocycles. The van der Waals surface area contributed by atoms with Crippen LogP contribution in [0.5, 0.6) is 5.75 Å². The Hall–Kier alpha value is -1.18. The van der Waals surface area contributed by atoms with Crippen molar-refractivity contribution >= 4 is 21.6 Å². The zero-order valence-electron chi connectivity index (χ0n) is 11.5. The molecule has 0 saturated heterocycles. The second-order valence-corrected chi connectivity index (χ2v) is 5.09. The lowest BCUT2D eigenvalue weighted by atomic mass is 10.1. The van der Waals surface area contributed by atoms with Crippen LogP contribution in [0.25, 0.3) is 0 Å². The number of rotatable bonds is 8. The molecule has 6 nitrogen and oxygen atoms in total. The number of hydrogen-bond acceptors (Lipinski definition) is 5. The summed E-state index contributed by atoms with van der Waals surface area (Å²) in [5, 5.41) is 20.8. The predicted molar refractivity (Wildman–Crippen MR) is 78.0 cm³/mol. The molecule has 0 aromatic heterocycles. The van der Waals surface area contributed by atoms with Crippen LogP contribution in [-0.2, 0) is 4.74 Å². The van der Waals surface area contributed by atoms with Gasteiger partial charge in [0.25, 0.3) is 0 Å². The van der Waals surface area contributed by atoms with Gasteiger partial charge in [-0.1, -0.05) is 15.9 Å². The van der Waals surface area contributed by atoms with Gasteiger partial charge in [0.1, 0.15) is 0 Å². The smallest absolute Gasteiger partial charge is 0.312 e. The van der Waals surface area contributed by atoms with Crippen LogP contribution in [0.1, 0.15) is 31.9 Å². The number of aliphatic hydroxyl groups is 1. The summed E-state index contributed by atoms with van der Waals surface area (Å²) in [6.45, 7) is 4.88. The Morgan fingerprint density at radius 1 is 1.45 bits per heavy atom. The van der Waals surface area contributed by atoms with E-state index in [4.69, 9.17) is 9.47 Å². The van der Waals surface area contributed by atoms with Gasteiger partial charge in [-0.05, 0) is 19.9 Å². The zero-order valence-corrected chi connectivity index (χ0v) is 13.1.